The van der Waals surface area contributed by atoms with Crippen molar-refractivity contribution in [1.29, 1.82) is 0 Å². The average Bonchev–Trinajstić information content (AvgIpc) is 2.97. The molecule has 0 atom stereocenters. The van der Waals surface area contributed by atoms with Crippen LogP contribution in [0.15, 0.2) is 66.7 Å². The Kier molecular flexibility index (Phi) is 4.06. The lowest BCUT2D eigenvalue weighted by Crippen LogP contribution is -2.08. The third kappa shape index (κ3) is 2.82. The molecule has 3 aromatic carbocycles. The van der Waals surface area contributed by atoms with Gasteiger partial charge in [0, 0.05) is 21.8 Å². The number of hydrogen-bond donors (Lipinski definition) is 0. The van der Waals surface area contributed by atoms with Crippen molar-refractivity contribution in [2.24, 2.45) is 0 Å². The molecule has 25 heavy (non-hydrogen) atoms. The molecule has 0 saturated heterocycles. The largest absolute Gasteiger partial charge is 0.493 e. The molecule has 0 spiro atoms. The summed E-state index contributed by atoms with van der Waals surface area (Å²) in [5.41, 5.74) is 3.64. The standard InChI is InChI=1S/C22H21NO2/c1-16-11-12-21(22(15-16)24-2)25-14-13-23-19-9-5-3-7-17(19)18-8-4-6-10-20(18)23/h3-12,15H,13-14H2,1-2H3. The maximum Gasteiger partial charge on any atom is 0.161 e. The molecule has 0 saturated carbocycles. The highest BCUT2D eigenvalue weighted by molar-refractivity contribution is 6.07. The zero-order chi connectivity index (χ0) is 17.2. The molecular formula is C22H21NO2. The Balaban J connectivity index is 1.63. The van der Waals surface area contributed by atoms with E-state index in [2.05, 4.69) is 53.1 Å². The summed E-state index contributed by atoms with van der Waals surface area (Å²) in [6.45, 7) is 3.41. The normalized spacial score (nSPS) is 11.1. The van der Waals surface area contributed by atoms with Crippen LogP contribution in [0, 0.1) is 6.92 Å². The first-order chi connectivity index (χ1) is 12.3. The summed E-state index contributed by atoms with van der Waals surface area (Å²) in [6.07, 6.45) is 0. The van der Waals surface area contributed by atoms with E-state index in [9.17, 15) is 0 Å². The van der Waals surface area contributed by atoms with Gasteiger partial charge in [0.2, 0.25) is 0 Å². The van der Waals surface area contributed by atoms with Gasteiger partial charge in [0.15, 0.2) is 11.5 Å². The first-order valence-corrected chi connectivity index (χ1v) is 8.51. The van der Waals surface area contributed by atoms with Crippen molar-refractivity contribution in [3.05, 3.63) is 72.3 Å². The number of benzene rings is 3. The van der Waals surface area contributed by atoms with E-state index in [4.69, 9.17) is 9.47 Å². The summed E-state index contributed by atoms with van der Waals surface area (Å²) < 4.78 is 13.8. The second-order valence-electron chi connectivity index (χ2n) is 6.19. The fourth-order valence-corrected chi connectivity index (χ4v) is 3.39. The van der Waals surface area contributed by atoms with E-state index in [0.29, 0.717) is 6.61 Å². The van der Waals surface area contributed by atoms with Crippen LogP contribution in [0.4, 0.5) is 0 Å². The van der Waals surface area contributed by atoms with Gasteiger partial charge < -0.3 is 14.0 Å². The predicted octanol–water partition coefficient (Wildman–Crippen LogP) is 5.19. The highest BCUT2D eigenvalue weighted by Crippen LogP contribution is 2.30. The molecule has 0 radical (unpaired) electrons. The van der Waals surface area contributed by atoms with Gasteiger partial charge in [0.1, 0.15) is 6.61 Å². The van der Waals surface area contributed by atoms with Gasteiger partial charge in [-0.3, -0.25) is 0 Å². The fraction of sp³-hybridized carbons (Fsp3) is 0.182. The van der Waals surface area contributed by atoms with Crippen molar-refractivity contribution in [3.8, 4) is 11.5 Å². The third-order valence-corrected chi connectivity index (χ3v) is 4.57. The Hall–Kier alpha value is -2.94. The van der Waals surface area contributed by atoms with Crippen molar-refractivity contribution in [2.75, 3.05) is 13.7 Å². The van der Waals surface area contributed by atoms with Crippen molar-refractivity contribution < 1.29 is 9.47 Å². The van der Waals surface area contributed by atoms with Gasteiger partial charge in [-0.25, -0.2) is 0 Å². The van der Waals surface area contributed by atoms with E-state index >= 15 is 0 Å². The van der Waals surface area contributed by atoms with E-state index < -0.39 is 0 Å². The van der Waals surface area contributed by atoms with Gasteiger partial charge in [-0.1, -0.05) is 42.5 Å². The SMILES string of the molecule is COc1cc(C)ccc1OCCn1c2ccccc2c2ccccc21. The van der Waals surface area contributed by atoms with Gasteiger partial charge in [0.05, 0.1) is 13.7 Å². The number of aromatic nitrogens is 1. The first kappa shape index (κ1) is 15.6. The topological polar surface area (TPSA) is 23.4 Å². The predicted molar refractivity (Wildman–Crippen MR) is 103 cm³/mol. The van der Waals surface area contributed by atoms with Crippen molar-refractivity contribution >= 4 is 21.8 Å². The highest BCUT2D eigenvalue weighted by atomic mass is 16.5. The summed E-state index contributed by atoms with van der Waals surface area (Å²) in [4.78, 5) is 0. The van der Waals surface area contributed by atoms with Crippen LogP contribution in [0.3, 0.4) is 0 Å². The molecule has 0 bridgehead atoms. The second kappa shape index (κ2) is 6.52. The van der Waals surface area contributed by atoms with Crippen LogP contribution in [0.25, 0.3) is 21.8 Å². The molecule has 0 aliphatic carbocycles. The Morgan fingerprint density at radius 3 is 2.08 bits per heavy atom. The molecule has 3 nitrogen and oxygen atoms in total. The summed E-state index contributed by atoms with van der Waals surface area (Å²) in [5, 5.41) is 2.57. The first-order valence-electron chi connectivity index (χ1n) is 8.51. The minimum absolute atomic E-state index is 0.585. The smallest absolute Gasteiger partial charge is 0.161 e. The minimum atomic E-state index is 0.585. The van der Waals surface area contributed by atoms with Gasteiger partial charge in [0.25, 0.3) is 0 Å². The number of hydrogen-bond acceptors (Lipinski definition) is 2. The van der Waals surface area contributed by atoms with Crippen LogP contribution in [0.1, 0.15) is 5.56 Å². The van der Waals surface area contributed by atoms with Gasteiger partial charge in [-0.05, 0) is 36.8 Å². The maximum absolute atomic E-state index is 6.01. The number of nitrogens with zero attached hydrogens (tertiary/aromatic N) is 1. The van der Waals surface area contributed by atoms with Crippen molar-refractivity contribution in [3.63, 3.8) is 0 Å². The minimum Gasteiger partial charge on any atom is -0.493 e. The Morgan fingerprint density at radius 1 is 0.800 bits per heavy atom. The van der Waals surface area contributed by atoms with Crippen LogP contribution in [0.2, 0.25) is 0 Å². The quantitative estimate of drug-likeness (QED) is 0.502. The number of fused-ring (bicyclic) bond motifs is 3. The zero-order valence-corrected chi connectivity index (χ0v) is 14.5. The number of para-hydroxylation sites is 2. The maximum atomic E-state index is 6.01. The van der Waals surface area contributed by atoms with Crippen LogP contribution >= 0.6 is 0 Å². The lowest BCUT2D eigenvalue weighted by atomic mass is 10.2. The zero-order valence-electron chi connectivity index (χ0n) is 14.5. The number of aryl methyl sites for hydroxylation is 1. The molecular weight excluding hydrogens is 310 g/mol. The van der Waals surface area contributed by atoms with Gasteiger partial charge in [-0.2, -0.15) is 0 Å². The lowest BCUT2D eigenvalue weighted by molar-refractivity contribution is 0.282. The van der Waals surface area contributed by atoms with E-state index in [1.165, 1.54) is 21.8 Å². The van der Waals surface area contributed by atoms with Crippen LogP contribution < -0.4 is 9.47 Å². The summed E-state index contributed by atoms with van der Waals surface area (Å²) in [7, 11) is 1.68. The van der Waals surface area contributed by atoms with Crippen molar-refractivity contribution in [2.45, 2.75) is 13.5 Å². The van der Waals surface area contributed by atoms with Gasteiger partial charge in [-0.15, -0.1) is 0 Å². The van der Waals surface area contributed by atoms with Crippen LogP contribution in [-0.2, 0) is 6.54 Å². The third-order valence-electron chi connectivity index (χ3n) is 4.57. The second-order valence-corrected chi connectivity index (χ2v) is 6.19. The Labute approximate surface area is 147 Å². The highest BCUT2D eigenvalue weighted by Gasteiger charge is 2.10. The molecule has 4 rings (SSSR count). The van der Waals surface area contributed by atoms with E-state index in [0.717, 1.165) is 23.6 Å². The average molecular weight is 331 g/mol. The molecule has 3 heteroatoms. The molecule has 1 aromatic heterocycles. The fourth-order valence-electron chi connectivity index (χ4n) is 3.39. The molecule has 4 aromatic rings. The summed E-state index contributed by atoms with van der Waals surface area (Å²) in [6, 6.07) is 23.1. The summed E-state index contributed by atoms with van der Waals surface area (Å²) >= 11 is 0. The number of methoxy groups -OCH3 is 1. The van der Waals surface area contributed by atoms with Gasteiger partial charge >= 0.3 is 0 Å². The number of ether oxygens (including phenoxy) is 2. The molecule has 0 unspecified atom stereocenters. The molecule has 0 fully saturated rings. The molecule has 0 aliphatic rings. The van der Waals surface area contributed by atoms with Crippen LogP contribution in [-0.4, -0.2) is 18.3 Å². The molecule has 0 N–H and O–H groups in total. The van der Waals surface area contributed by atoms with E-state index in [-0.39, 0.29) is 0 Å². The molecule has 126 valence electrons. The monoisotopic (exact) mass is 331 g/mol. The Bertz CT molecular complexity index is 979. The van der Waals surface area contributed by atoms with Crippen LogP contribution in [0.5, 0.6) is 11.5 Å². The molecule has 0 aliphatic heterocycles. The Morgan fingerprint density at radius 2 is 1.44 bits per heavy atom. The van der Waals surface area contributed by atoms with Crippen molar-refractivity contribution in [1.82, 2.24) is 4.57 Å². The lowest BCUT2D eigenvalue weighted by Gasteiger charge is -2.13. The molecule has 1 heterocycles. The molecule has 0 amide bonds. The van der Waals surface area contributed by atoms with E-state index in [1.54, 1.807) is 7.11 Å². The number of rotatable bonds is 5. The van der Waals surface area contributed by atoms with E-state index in [1.807, 2.05) is 25.1 Å². The summed E-state index contributed by atoms with van der Waals surface area (Å²) in [5.74, 6) is 1.57.